The van der Waals surface area contributed by atoms with Gasteiger partial charge in [0.2, 0.25) is 0 Å². The minimum Gasteiger partial charge on any atom is -0.478 e. The van der Waals surface area contributed by atoms with Crippen LogP contribution in [0, 0.1) is 0 Å². The third-order valence-electron chi connectivity index (χ3n) is 2.00. The van der Waals surface area contributed by atoms with Crippen molar-refractivity contribution in [3.63, 3.8) is 0 Å². The molecule has 0 atom stereocenters. The van der Waals surface area contributed by atoms with Crippen LogP contribution in [0.5, 0.6) is 0 Å². The Labute approximate surface area is 95.8 Å². The first-order valence-electron chi connectivity index (χ1n) is 4.25. The highest BCUT2D eigenvalue weighted by Gasteiger charge is 2.08. The third-order valence-corrected chi connectivity index (χ3v) is 3.22. The third kappa shape index (κ3) is 2.03. The lowest BCUT2D eigenvalue weighted by Gasteiger charge is -2.02. The van der Waals surface area contributed by atoms with Gasteiger partial charge in [0.25, 0.3) is 0 Å². The molecule has 0 aliphatic carbocycles. The molecule has 76 valence electrons. The van der Waals surface area contributed by atoms with Crippen LogP contribution < -0.4 is 0 Å². The summed E-state index contributed by atoms with van der Waals surface area (Å²) in [5, 5.41) is 11.2. The number of benzene rings is 1. The number of carboxylic acids is 1. The standard InChI is InChI=1S/C11H7ClO2S/c12-9-6-7(11(13)14)3-4-8(9)10-2-1-5-15-10/h1-6H,(H,13,14). The lowest BCUT2D eigenvalue weighted by atomic mass is 10.1. The maximum Gasteiger partial charge on any atom is 0.335 e. The van der Waals surface area contributed by atoms with Crippen LogP contribution in [0.3, 0.4) is 0 Å². The first-order chi connectivity index (χ1) is 7.18. The first kappa shape index (κ1) is 10.2. The molecule has 0 saturated carbocycles. The molecule has 0 fully saturated rings. The summed E-state index contributed by atoms with van der Waals surface area (Å²) in [6.07, 6.45) is 0. The van der Waals surface area contributed by atoms with E-state index in [9.17, 15) is 4.79 Å². The van der Waals surface area contributed by atoms with E-state index in [1.807, 2.05) is 17.5 Å². The average Bonchev–Trinajstić information content (AvgIpc) is 2.70. The lowest BCUT2D eigenvalue weighted by Crippen LogP contribution is -1.95. The molecular formula is C11H7ClO2S. The van der Waals surface area contributed by atoms with Crippen molar-refractivity contribution < 1.29 is 9.90 Å². The molecule has 0 unspecified atom stereocenters. The second-order valence-corrected chi connectivity index (χ2v) is 4.33. The van der Waals surface area contributed by atoms with E-state index >= 15 is 0 Å². The fourth-order valence-electron chi connectivity index (χ4n) is 1.28. The molecule has 0 bridgehead atoms. The van der Waals surface area contributed by atoms with E-state index in [1.165, 1.54) is 6.07 Å². The van der Waals surface area contributed by atoms with Crippen molar-refractivity contribution >= 4 is 28.9 Å². The van der Waals surface area contributed by atoms with Crippen LogP contribution in [-0.4, -0.2) is 11.1 Å². The Morgan fingerprint density at radius 3 is 2.67 bits per heavy atom. The van der Waals surface area contributed by atoms with Crippen LogP contribution in [0.25, 0.3) is 10.4 Å². The predicted octanol–water partition coefficient (Wildman–Crippen LogP) is 3.77. The van der Waals surface area contributed by atoms with E-state index in [2.05, 4.69) is 0 Å². The van der Waals surface area contributed by atoms with Crippen molar-refractivity contribution in [3.05, 3.63) is 46.3 Å². The summed E-state index contributed by atoms with van der Waals surface area (Å²) in [4.78, 5) is 11.7. The second-order valence-electron chi connectivity index (χ2n) is 2.98. The maximum atomic E-state index is 10.7. The molecular weight excluding hydrogens is 232 g/mol. The zero-order chi connectivity index (χ0) is 10.8. The van der Waals surface area contributed by atoms with E-state index < -0.39 is 5.97 Å². The van der Waals surface area contributed by atoms with Gasteiger partial charge in [-0.1, -0.05) is 23.7 Å². The van der Waals surface area contributed by atoms with E-state index in [0.717, 1.165) is 10.4 Å². The molecule has 0 radical (unpaired) electrons. The van der Waals surface area contributed by atoms with Gasteiger partial charge in [0.15, 0.2) is 0 Å². The fraction of sp³-hybridized carbons (Fsp3) is 0. The Kier molecular flexibility index (Phi) is 2.75. The Morgan fingerprint density at radius 2 is 2.13 bits per heavy atom. The van der Waals surface area contributed by atoms with Crippen molar-refractivity contribution in [1.29, 1.82) is 0 Å². The van der Waals surface area contributed by atoms with E-state index in [4.69, 9.17) is 16.7 Å². The molecule has 0 aliphatic heterocycles. The smallest absolute Gasteiger partial charge is 0.335 e. The quantitative estimate of drug-likeness (QED) is 0.865. The minimum atomic E-state index is -0.963. The number of rotatable bonds is 2. The summed E-state index contributed by atoms with van der Waals surface area (Å²) < 4.78 is 0. The van der Waals surface area contributed by atoms with Gasteiger partial charge in [-0.2, -0.15) is 0 Å². The molecule has 1 aromatic heterocycles. The summed E-state index contributed by atoms with van der Waals surface area (Å²) in [6.45, 7) is 0. The second kappa shape index (κ2) is 4.04. The van der Waals surface area contributed by atoms with Gasteiger partial charge in [0.1, 0.15) is 0 Å². The Hall–Kier alpha value is -1.32. The van der Waals surface area contributed by atoms with Crippen LogP contribution in [0.4, 0.5) is 0 Å². The van der Waals surface area contributed by atoms with Crippen LogP contribution in [0.2, 0.25) is 5.02 Å². The molecule has 2 nitrogen and oxygen atoms in total. The molecule has 1 aromatic carbocycles. The number of halogens is 1. The maximum absolute atomic E-state index is 10.7. The van der Waals surface area contributed by atoms with E-state index in [0.29, 0.717) is 5.02 Å². The molecule has 0 aliphatic rings. The summed E-state index contributed by atoms with van der Waals surface area (Å²) in [5.74, 6) is -0.963. The molecule has 2 rings (SSSR count). The lowest BCUT2D eigenvalue weighted by molar-refractivity contribution is 0.0697. The Balaban J connectivity index is 2.48. The van der Waals surface area contributed by atoms with Crippen molar-refractivity contribution in [2.24, 2.45) is 0 Å². The number of carboxylic acid groups (broad SMARTS) is 1. The van der Waals surface area contributed by atoms with Crippen molar-refractivity contribution in [2.45, 2.75) is 0 Å². The molecule has 0 amide bonds. The van der Waals surface area contributed by atoms with E-state index in [-0.39, 0.29) is 5.56 Å². The average molecular weight is 239 g/mol. The molecule has 1 N–H and O–H groups in total. The van der Waals surface area contributed by atoms with E-state index in [1.54, 1.807) is 23.5 Å². The van der Waals surface area contributed by atoms with Gasteiger partial charge >= 0.3 is 5.97 Å². The first-order valence-corrected chi connectivity index (χ1v) is 5.51. The zero-order valence-electron chi connectivity index (χ0n) is 7.61. The summed E-state index contributed by atoms with van der Waals surface area (Å²) in [6, 6.07) is 8.65. The van der Waals surface area contributed by atoms with Crippen LogP contribution in [-0.2, 0) is 0 Å². The van der Waals surface area contributed by atoms with Gasteiger partial charge < -0.3 is 5.11 Å². The number of carbonyl (C=O) groups is 1. The topological polar surface area (TPSA) is 37.3 Å². The molecule has 0 saturated heterocycles. The Bertz CT molecular complexity index is 491. The zero-order valence-corrected chi connectivity index (χ0v) is 9.18. The largest absolute Gasteiger partial charge is 0.478 e. The van der Waals surface area contributed by atoms with Crippen LogP contribution in [0.15, 0.2) is 35.7 Å². The van der Waals surface area contributed by atoms with Crippen molar-refractivity contribution in [2.75, 3.05) is 0 Å². The van der Waals surface area contributed by atoms with Crippen molar-refractivity contribution in [1.82, 2.24) is 0 Å². The summed E-state index contributed by atoms with van der Waals surface area (Å²) in [5.41, 5.74) is 1.08. The highest BCUT2D eigenvalue weighted by atomic mass is 35.5. The minimum absolute atomic E-state index is 0.209. The summed E-state index contributed by atoms with van der Waals surface area (Å²) in [7, 11) is 0. The molecule has 2 aromatic rings. The van der Waals surface area contributed by atoms with Crippen LogP contribution >= 0.6 is 22.9 Å². The van der Waals surface area contributed by atoms with Gasteiger partial charge in [0, 0.05) is 10.4 Å². The van der Waals surface area contributed by atoms with Gasteiger partial charge in [-0.25, -0.2) is 4.79 Å². The van der Waals surface area contributed by atoms with Gasteiger partial charge in [-0.3, -0.25) is 0 Å². The highest BCUT2D eigenvalue weighted by Crippen LogP contribution is 2.31. The molecule has 0 spiro atoms. The SMILES string of the molecule is O=C(O)c1ccc(-c2cccs2)c(Cl)c1. The van der Waals surface area contributed by atoms with Gasteiger partial charge in [-0.15, -0.1) is 11.3 Å². The van der Waals surface area contributed by atoms with Crippen molar-refractivity contribution in [3.8, 4) is 10.4 Å². The molecule has 4 heteroatoms. The highest BCUT2D eigenvalue weighted by molar-refractivity contribution is 7.13. The number of aromatic carboxylic acids is 1. The normalized spacial score (nSPS) is 10.2. The van der Waals surface area contributed by atoms with Crippen LogP contribution in [0.1, 0.15) is 10.4 Å². The molecule has 15 heavy (non-hydrogen) atoms. The predicted molar refractivity (Wildman–Crippen MR) is 61.7 cm³/mol. The van der Waals surface area contributed by atoms with Gasteiger partial charge in [0.05, 0.1) is 10.6 Å². The summed E-state index contributed by atoms with van der Waals surface area (Å²) >= 11 is 7.58. The monoisotopic (exact) mass is 238 g/mol. The van der Waals surface area contributed by atoms with Gasteiger partial charge in [-0.05, 0) is 23.6 Å². The fourth-order valence-corrected chi connectivity index (χ4v) is 2.38. The number of hydrogen-bond acceptors (Lipinski definition) is 2. The number of thiophene rings is 1. The Morgan fingerprint density at radius 1 is 1.33 bits per heavy atom. The number of hydrogen-bond donors (Lipinski definition) is 1. The molecule has 1 heterocycles.